The molecule has 3 nitrogen and oxygen atoms in total. The number of anilines is 1. The maximum absolute atomic E-state index is 5.82. The van der Waals surface area contributed by atoms with Gasteiger partial charge >= 0.3 is 0 Å². The van der Waals surface area contributed by atoms with Gasteiger partial charge in [0.05, 0.1) is 11.2 Å². The fourth-order valence-electron chi connectivity index (χ4n) is 2.83. The van der Waals surface area contributed by atoms with Gasteiger partial charge in [-0.15, -0.1) is 0 Å². The smallest absolute Gasteiger partial charge is 0.0726 e. The minimum absolute atomic E-state index is 0.490. The summed E-state index contributed by atoms with van der Waals surface area (Å²) in [5.41, 5.74) is 9.12. The summed E-state index contributed by atoms with van der Waals surface area (Å²) < 4.78 is 0. The predicted molar refractivity (Wildman–Crippen MR) is 88.4 cm³/mol. The van der Waals surface area contributed by atoms with Gasteiger partial charge in [-0.05, 0) is 19.1 Å². The molecule has 1 fully saturated rings. The normalized spacial score (nSPS) is 23.2. The fourth-order valence-corrected chi connectivity index (χ4v) is 3.92. The molecular weight excluding hydrogens is 266 g/mol. The minimum atomic E-state index is 0.490. The zero-order valence-corrected chi connectivity index (χ0v) is 12.9. The maximum atomic E-state index is 5.82. The van der Waals surface area contributed by atoms with E-state index in [0.29, 0.717) is 17.8 Å². The Labute approximate surface area is 124 Å². The SMILES string of the molecule is CC1SCCN(c2cc(CN)nc3ccccc23)C1C. The van der Waals surface area contributed by atoms with E-state index in [2.05, 4.69) is 59.8 Å². The van der Waals surface area contributed by atoms with Crippen LogP contribution in [0.4, 0.5) is 5.69 Å². The number of nitrogens with two attached hydrogens (primary N) is 1. The molecule has 1 aromatic heterocycles. The third kappa shape index (κ3) is 2.38. The van der Waals surface area contributed by atoms with Gasteiger partial charge in [0.25, 0.3) is 0 Å². The first kappa shape index (κ1) is 13.7. The molecule has 4 heteroatoms. The zero-order valence-electron chi connectivity index (χ0n) is 12.0. The van der Waals surface area contributed by atoms with Gasteiger partial charge in [-0.3, -0.25) is 4.98 Å². The van der Waals surface area contributed by atoms with Crippen LogP contribution in [0.15, 0.2) is 30.3 Å². The lowest BCUT2D eigenvalue weighted by Gasteiger charge is -2.39. The van der Waals surface area contributed by atoms with E-state index in [1.165, 1.54) is 16.8 Å². The molecule has 106 valence electrons. The number of nitrogens with zero attached hydrogens (tertiary/aromatic N) is 2. The van der Waals surface area contributed by atoms with E-state index < -0.39 is 0 Å². The van der Waals surface area contributed by atoms with Crippen molar-refractivity contribution in [1.29, 1.82) is 0 Å². The Balaban J connectivity index is 2.13. The molecule has 1 aliphatic heterocycles. The quantitative estimate of drug-likeness (QED) is 0.922. The number of hydrogen-bond acceptors (Lipinski definition) is 4. The highest BCUT2D eigenvalue weighted by Gasteiger charge is 2.26. The van der Waals surface area contributed by atoms with Crippen LogP contribution >= 0.6 is 11.8 Å². The summed E-state index contributed by atoms with van der Waals surface area (Å²) in [4.78, 5) is 7.15. The van der Waals surface area contributed by atoms with Gasteiger partial charge in [0.15, 0.2) is 0 Å². The summed E-state index contributed by atoms with van der Waals surface area (Å²) >= 11 is 2.06. The van der Waals surface area contributed by atoms with Gasteiger partial charge < -0.3 is 10.6 Å². The largest absolute Gasteiger partial charge is 0.366 e. The number of hydrogen-bond donors (Lipinski definition) is 1. The first-order valence-electron chi connectivity index (χ1n) is 7.17. The molecule has 0 saturated carbocycles. The molecule has 2 N–H and O–H groups in total. The molecular formula is C16H21N3S. The van der Waals surface area contributed by atoms with Crippen LogP contribution in [0.2, 0.25) is 0 Å². The first-order chi connectivity index (χ1) is 9.70. The molecule has 20 heavy (non-hydrogen) atoms. The molecule has 1 saturated heterocycles. The Kier molecular flexibility index (Phi) is 3.85. The lowest BCUT2D eigenvalue weighted by molar-refractivity contribution is 0.628. The average Bonchev–Trinajstić information content (AvgIpc) is 2.49. The number of aromatic nitrogens is 1. The van der Waals surface area contributed by atoms with E-state index in [-0.39, 0.29) is 0 Å². The second-order valence-corrected chi connectivity index (χ2v) is 6.85. The molecule has 0 amide bonds. The summed E-state index contributed by atoms with van der Waals surface area (Å²) in [6.07, 6.45) is 0. The lowest BCUT2D eigenvalue weighted by atomic mass is 10.1. The summed E-state index contributed by atoms with van der Waals surface area (Å²) in [5, 5.41) is 1.88. The molecule has 2 unspecified atom stereocenters. The highest BCUT2D eigenvalue weighted by atomic mass is 32.2. The summed E-state index contributed by atoms with van der Waals surface area (Å²) in [7, 11) is 0. The third-order valence-corrected chi connectivity index (χ3v) is 5.49. The average molecular weight is 287 g/mol. The molecule has 0 bridgehead atoms. The summed E-state index contributed by atoms with van der Waals surface area (Å²) in [6, 6.07) is 11.1. The fraction of sp³-hybridized carbons (Fsp3) is 0.438. The number of fused-ring (bicyclic) bond motifs is 1. The van der Waals surface area contributed by atoms with Crippen LogP contribution in [0.25, 0.3) is 10.9 Å². The highest BCUT2D eigenvalue weighted by molar-refractivity contribution is 8.00. The Morgan fingerprint density at radius 3 is 2.95 bits per heavy atom. The van der Waals surface area contributed by atoms with Crippen molar-refractivity contribution in [2.45, 2.75) is 31.7 Å². The number of benzene rings is 1. The van der Waals surface area contributed by atoms with Gasteiger partial charge in [0.1, 0.15) is 0 Å². The van der Waals surface area contributed by atoms with Gasteiger partial charge in [0, 0.05) is 41.2 Å². The monoisotopic (exact) mass is 287 g/mol. The topological polar surface area (TPSA) is 42.1 Å². The molecule has 3 rings (SSSR count). The molecule has 1 aliphatic rings. The Morgan fingerprint density at radius 2 is 2.15 bits per heavy atom. The van der Waals surface area contributed by atoms with Crippen molar-refractivity contribution in [3.63, 3.8) is 0 Å². The van der Waals surface area contributed by atoms with Crippen molar-refractivity contribution in [3.8, 4) is 0 Å². The first-order valence-corrected chi connectivity index (χ1v) is 8.22. The molecule has 1 aromatic carbocycles. The number of para-hydroxylation sites is 1. The van der Waals surface area contributed by atoms with Crippen molar-refractivity contribution in [3.05, 3.63) is 36.0 Å². The molecule has 2 heterocycles. The summed E-state index contributed by atoms with van der Waals surface area (Å²) in [5.74, 6) is 1.18. The Hall–Kier alpha value is -1.26. The van der Waals surface area contributed by atoms with Crippen molar-refractivity contribution in [2.75, 3.05) is 17.2 Å². The number of pyridine rings is 1. The van der Waals surface area contributed by atoms with E-state index in [1.54, 1.807) is 0 Å². The Morgan fingerprint density at radius 1 is 1.35 bits per heavy atom. The molecule has 0 radical (unpaired) electrons. The van der Waals surface area contributed by atoms with E-state index in [1.807, 2.05) is 6.07 Å². The van der Waals surface area contributed by atoms with Gasteiger partial charge in [0.2, 0.25) is 0 Å². The van der Waals surface area contributed by atoms with Crippen molar-refractivity contribution in [2.24, 2.45) is 5.73 Å². The third-order valence-electron chi connectivity index (χ3n) is 4.15. The van der Waals surface area contributed by atoms with Gasteiger partial charge in [-0.25, -0.2) is 0 Å². The minimum Gasteiger partial charge on any atom is -0.366 e. The Bertz CT molecular complexity index is 614. The van der Waals surface area contributed by atoms with E-state index in [9.17, 15) is 0 Å². The molecule has 2 aromatic rings. The van der Waals surface area contributed by atoms with Crippen LogP contribution in [0, 0.1) is 0 Å². The van der Waals surface area contributed by atoms with Crippen LogP contribution in [-0.2, 0) is 6.54 Å². The van der Waals surface area contributed by atoms with Crippen LogP contribution in [-0.4, -0.2) is 28.6 Å². The van der Waals surface area contributed by atoms with Crippen molar-refractivity contribution >= 4 is 28.4 Å². The van der Waals surface area contributed by atoms with Gasteiger partial charge in [-0.1, -0.05) is 25.1 Å². The molecule has 0 aliphatic carbocycles. The summed E-state index contributed by atoms with van der Waals surface area (Å²) in [6.45, 7) is 6.21. The van der Waals surface area contributed by atoms with Crippen LogP contribution in [0.1, 0.15) is 19.5 Å². The van der Waals surface area contributed by atoms with E-state index in [4.69, 9.17) is 5.73 Å². The highest BCUT2D eigenvalue weighted by Crippen LogP contribution is 2.33. The standard InChI is InChI=1S/C16H21N3S/c1-11-12(2)20-8-7-19(11)16-9-13(10-17)18-15-6-4-3-5-14(15)16/h3-6,9,11-12H,7-8,10,17H2,1-2H3. The van der Waals surface area contributed by atoms with Crippen molar-refractivity contribution < 1.29 is 0 Å². The second kappa shape index (κ2) is 5.62. The van der Waals surface area contributed by atoms with E-state index >= 15 is 0 Å². The predicted octanol–water partition coefficient (Wildman–Crippen LogP) is 3.02. The molecule has 0 spiro atoms. The van der Waals surface area contributed by atoms with Crippen LogP contribution < -0.4 is 10.6 Å². The van der Waals surface area contributed by atoms with Gasteiger partial charge in [-0.2, -0.15) is 11.8 Å². The second-order valence-electron chi connectivity index (χ2n) is 5.36. The molecule has 2 atom stereocenters. The number of thioether (sulfide) groups is 1. The zero-order chi connectivity index (χ0) is 14.1. The maximum Gasteiger partial charge on any atom is 0.0726 e. The van der Waals surface area contributed by atoms with Crippen molar-refractivity contribution in [1.82, 2.24) is 4.98 Å². The number of rotatable bonds is 2. The van der Waals surface area contributed by atoms with Crippen LogP contribution in [0.5, 0.6) is 0 Å². The lowest BCUT2D eigenvalue weighted by Crippen LogP contribution is -2.44. The van der Waals surface area contributed by atoms with E-state index in [0.717, 1.165) is 17.8 Å². The van der Waals surface area contributed by atoms with Crippen LogP contribution in [0.3, 0.4) is 0 Å².